The van der Waals surface area contributed by atoms with Gasteiger partial charge < -0.3 is 9.84 Å². The van der Waals surface area contributed by atoms with Crippen molar-refractivity contribution in [3.05, 3.63) is 11.9 Å². The van der Waals surface area contributed by atoms with Gasteiger partial charge in [0.1, 0.15) is 11.1 Å². The fourth-order valence-corrected chi connectivity index (χ4v) is 1.87. The van der Waals surface area contributed by atoms with E-state index in [1.807, 2.05) is 0 Å². The lowest BCUT2D eigenvalue weighted by Gasteiger charge is -2.30. The Labute approximate surface area is 86.8 Å². The lowest BCUT2D eigenvalue weighted by Crippen LogP contribution is -2.41. The Bertz CT molecular complexity index is 368. The fourth-order valence-electron chi connectivity index (χ4n) is 1.87. The van der Waals surface area contributed by atoms with Crippen molar-refractivity contribution in [1.29, 1.82) is 0 Å². The van der Waals surface area contributed by atoms with Gasteiger partial charge in [-0.1, -0.05) is 5.21 Å². The zero-order valence-corrected chi connectivity index (χ0v) is 8.51. The Morgan fingerprint density at radius 2 is 2.27 bits per heavy atom. The number of nitrogens with zero attached hydrogens (tertiary/aromatic N) is 3. The summed E-state index contributed by atoms with van der Waals surface area (Å²) in [6, 6.07) is 0. The first-order valence-electron chi connectivity index (χ1n) is 4.83. The molecule has 0 unspecified atom stereocenters. The molecule has 1 aliphatic heterocycles. The van der Waals surface area contributed by atoms with Crippen molar-refractivity contribution in [2.75, 3.05) is 13.2 Å². The first kappa shape index (κ1) is 10.1. The normalized spacial score (nSPS) is 20.1. The summed E-state index contributed by atoms with van der Waals surface area (Å²) in [6.45, 7) is 0.922. The minimum absolute atomic E-state index is 0.459. The second-order valence-corrected chi connectivity index (χ2v) is 3.78. The van der Waals surface area contributed by atoms with Crippen molar-refractivity contribution in [3.8, 4) is 0 Å². The maximum absolute atomic E-state index is 11.4. The van der Waals surface area contributed by atoms with Crippen molar-refractivity contribution in [3.63, 3.8) is 0 Å². The maximum atomic E-state index is 11.4. The van der Waals surface area contributed by atoms with Gasteiger partial charge in [-0.25, -0.2) is 0 Å². The summed E-state index contributed by atoms with van der Waals surface area (Å²) in [4.78, 5) is 11.4. The number of aryl methyl sites for hydroxylation is 1. The molecule has 82 valence electrons. The smallest absolute Gasteiger partial charge is 0.316 e. The Hall–Kier alpha value is -1.43. The predicted molar refractivity (Wildman–Crippen MR) is 50.4 cm³/mol. The van der Waals surface area contributed by atoms with Crippen LogP contribution in [0.1, 0.15) is 18.5 Å². The van der Waals surface area contributed by atoms with Crippen LogP contribution in [0.15, 0.2) is 6.20 Å². The molecule has 0 atom stereocenters. The summed E-state index contributed by atoms with van der Waals surface area (Å²) in [5, 5.41) is 17.0. The van der Waals surface area contributed by atoms with Crippen LogP contribution in [-0.4, -0.2) is 39.3 Å². The number of aromatic nitrogens is 3. The number of carbonyl (C=O) groups is 1. The molecule has 1 saturated heterocycles. The lowest BCUT2D eigenvalue weighted by molar-refractivity contribution is -0.148. The quantitative estimate of drug-likeness (QED) is 0.742. The topological polar surface area (TPSA) is 77.2 Å². The van der Waals surface area contributed by atoms with Crippen LogP contribution in [0.3, 0.4) is 0 Å². The number of hydrogen-bond donors (Lipinski definition) is 1. The summed E-state index contributed by atoms with van der Waals surface area (Å²) in [5.74, 6) is -0.841. The number of carboxylic acid groups (broad SMARTS) is 1. The zero-order chi connectivity index (χ0) is 10.9. The van der Waals surface area contributed by atoms with Crippen LogP contribution >= 0.6 is 0 Å². The molecule has 1 aromatic rings. The number of hydrogen-bond acceptors (Lipinski definition) is 4. The molecule has 15 heavy (non-hydrogen) atoms. The number of ether oxygens (including phenoxy) is 1. The second-order valence-electron chi connectivity index (χ2n) is 3.78. The van der Waals surface area contributed by atoms with E-state index in [4.69, 9.17) is 4.74 Å². The van der Waals surface area contributed by atoms with Gasteiger partial charge in [0.2, 0.25) is 0 Å². The van der Waals surface area contributed by atoms with Gasteiger partial charge in [0.25, 0.3) is 0 Å². The highest BCUT2D eigenvalue weighted by Crippen LogP contribution is 2.33. The van der Waals surface area contributed by atoms with E-state index in [1.165, 1.54) is 4.68 Å². The molecule has 6 nitrogen and oxygen atoms in total. The van der Waals surface area contributed by atoms with Gasteiger partial charge in [0.15, 0.2) is 0 Å². The third kappa shape index (κ3) is 1.61. The molecule has 2 heterocycles. The molecule has 0 aromatic carbocycles. The van der Waals surface area contributed by atoms with Crippen molar-refractivity contribution in [1.82, 2.24) is 15.0 Å². The molecule has 1 aliphatic rings. The zero-order valence-electron chi connectivity index (χ0n) is 8.51. The monoisotopic (exact) mass is 211 g/mol. The summed E-state index contributed by atoms with van der Waals surface area (Å²) in [6.07, 6.45) is 2.58. The predicted octanol–water partition coefficient (Wildman–Crippen LogP) is -0.0521. The van der Waals surface area contributed by atoms with Gasteiger partial charge in [-0.3, -0.25) is 9.48 Å². The summed E-state index contributed by atoms with van der Waals surface area (Å²) < 4.78 is 6.71. The SMILES string of the molecule is Cn1cc(C2(C(=O)O)CCOCC2)nn1. The van der Waals surface area contributed by atoms with E-state index in [-0.39, 0.29) is 0 Å². The van der Waals surface area contributed by atoms with E-state index >= 15 is 0 Å². The summed E-state index contributed by atoms with van der Waals surface area (Å²) in [5.41, 5.74) is -0.382. The Balaban J connectivity index is 2.37. The van der Waals surface area contributed by atoms with Gasteiger partial charge in [0, 0.05) is 26.5 Å². The molecule has 0 saturated carbocycles. The molecule has 1 N–H and O–H groups in total. The van der Waals surface area contributed by atoms with E-state index < -0.39 is 11.4 Å². The average Bonchev–Trinajstić information content (AvgIpc) is 2.66. The Kier molecular flexibility index (Phi) is 2.44. The molecule has 2 rings (SSSR count). The van der Waals surface area contributed by atoms with Gasteiger partial charge in [0.05, 0.1) is 0 Å². The third-order valence-electron chi connectivity index (χ3n) is 2.85. The summed E-state index contributed by atoms with van der Waals surface area (Å²) in [7, 11) is 1.73. The van der Waals surface area contributed by atoms with Gasteiger partial charge in [-0.15, -0.1) is 5.10 Å². The Morgan fingerprint density at radius 3 is 2.73 bits per heavy atom. The van der Waals surface area contributed by atoms with E-state index in [2.05, 4.69) is 10.3 Å². The molecule has 6 heteroatoms. The number of carboxylic acids is 1. The average molecular weight is 211 g/mol. The van der Waals surface area contributed by atoms with Crippen LogP contribution < -0.4 is 0 Å². The van der Waals surface area contributed by atoms with Crippen molar-refractivity contribution >= 4 is 5.97 Å². The van der Waals surface area contributed by atoms with E-state index in [0.717, 1.165) is 0 Å². The molecular formula is C9H13N3O3. The highest BCUT2D eigenvalue weighted by Gasteiger charge is 2.44. The minimum atomic E-state index is -0.910. The lowest BCUT2D eigenvalue weighted by atomic mass is 9.78. The van der Waals surface area contributed by atoms with E-state index in [0.29, 0.717) is 31.7 Å². The van der Waals surface area contributed by atoms with Gasteiger partial charge in [-0.05, 0) is 12.8 Å². The van der Waals surface area contributed by atoms with Crippen LogP contribution in [0.25, 0.3) is 0 Å². The van der Waals surface area contributed by atoms with Crippen LogP contribution in [0, 0.1) is 0 Å². The molecule has 1 fully saturated rings. The fraction of sp³-hybridized carbons (Fsp3) is 0.667. The van der Waals surface area contributed by atoms with Crippen LogP contribution in [-0.2, 0) is 22.0 Å². The largest absolute Gasteiger partial charge is 0.481 e. The molecule has 0 spiro atoms. The van der Waals surface area contributed by atoms with Crippen LogP contribution in [0.4, 0.5) is 0 Å². The first-order valence-corrected chi connectivity index (χ1v) is 4.83. The standard InChI is InChI=1S/C9H13N3O3/c1-12-6-7(10-11-12)9(8(13)14)2-4-15-5-3-9/h6H,2-5H2,1H3,(H,13,14). The minimum Gasteiger partial charge on any atom is -0.481 e. The van der Waals surface area contributed by atoms with Gasteiger partial charge >= 0.3 is 5.97 Å². The van der Waals surface area contributed by atoms with E-state index in [1.54, 1.807) is 13.2 Å². The molecule has 0 aliphatic carbocycles. The van der Waals surface area contributed by atoms with Crippen LogP contribution in [0.5, 0.6) is 0 Å². The highest BCUT2D eigenvalue weighted by molar-refractivity contribution is 5.80. The number of aliphatic carboxylic acids is 1. The molecule has 0 amide bonds. The van der Waals surface area contributed by atoms with Crippen LogP contribution in [0.2, 0.25) is 0 Å². The van der Waals surface area contributed by atoms with E-state index in [9.17, 15) is 9.90 Å². The van der Waals surface area contributed by atoms with Crippen molar-refractivity contribution in [2.24, 2.45) is 7.05 Å². The van der Waals surface area contributed by atoms with Gasteiger partial charge in [-0.2, -0.15) is 0 Å². The maximum Gasteiger partial charge on any atom is 0.316 e. The molecular weight excluding hydrogens is 198 g/mol. The molecule has 1 aromatic heterocycles. The second kappa shape index (κ2) is 3.62. The molecule has 0 radical (unpaired) electrons. The number of rotatable bonds is 2. The Morgan fingerprint density at radius 1 is 1.60 bits per heavy atom. The third-order valence-corrected chi connectivity index (χ3v) is 2.85. The van der Waals surface area contributed by atoms with Crippen molar-refractivity contribution < 1.29 is 14.6 Å². The van der Waals surface area contributed by atoms with Crippen molar-refractivity contribution in [2.45, 2.75) is 18.3 Å². The molecule has 0 bridgehead atoms. The highest BCUT2D eigenvalue weighted by atomic mass is 16.5. The summed E-state index contributed by atoms with van der Waals surface area (Å²) >= 11 is 0. The first-order chi connectivity index (χ1) is 7.15.